The lowest BCUT2D eigenvalue weighted by molar-refractivity contribution is -0.384. The number of nitrogens with one attached hydrogen (secondary N) is 1. The zero-order valence-corrected chi connectivity index (χ0v) is 9.89. The van der Waals surface area contributed by atoms with Crippen LogP contribution < -0.4 is 5.32 Å². The fourth-order valence-electron chi connectivity index (χ4n) is 2.03. The highest BCUT2D eigenvalue weighted by Gasteiger charge is 2.17. The van der Waals surface area contributed by atoms with Crippen molar-refractivity contribution in [3.8, 4) is 0 Å². The van der Waals surface area contributed by atoms with Crippen molar-refractivity contribution < 1.29 is 14.1 Å². The Kier molecular flexibility index (Phi) is 4.09. The maximum atomic E-state index is 13.1. The van der Waals surface area contributed by atoms with E-state index >= 15 is 0 Å². The summed E-state index contributed by atoms with van der Waals surface area (Å²) in [5, 5.41) is 13.7. The summed E-state index contributed by atoms with van der Waals surface area (Å²) in [6.45, 7) is 2.11. The van der Waals surface area contributed by atoms with Crippen molar-refractivity contribution in [2.45, 2.75) is 12.8 Å². The van der Waals surface area contributed by atoms with Crippen LogP contribution in [0.5, 0.6) is 0 Å². The van der Waals surface area contributed by atoms with Crippen molar-refractivity contribution in [2.75, 3.05) is 25.1 Å². The van der Waals surface area contributed by atoms with Crippen molar-refractivity contribution in [2.24, 2.45) is 5.92 Å². The van der Waals surface area contributed by atoms with Crippen LogP contribution in [0.2, 0.25) is 0 Å². The Labute approximate surface area is 104 Å². The van der Waals surface area contributed by atoms with Gasteiger partial charge in [-0.25, -0.2) is 4.39 Å². The second-order valence-corrected chi connectivity index (χ2v) is 4.36. The molecule has 0 saturated carbocycles. The monoisotopic (exact) mass is 254 g/mol. The summed E-state index contributed by atoms with van der Waals surface area (Å²) >= 11 is 0. The highest BCUT2D eigenvalue weighted by molar-refractivity contribution is 5.61. The van der Waals surface area contributed by atoms with Crippen LogP contribution in [0.3, 0.4) is 0 Å². The number of nitro groups is 1. The van der Waals surface area contributed by atoms with Gasteiger partial charge in [-0.3, -0.25) is 10.1 Å². The zero-order valence-electron chi connectivity index (χ0n) is 9.89. The maximum absolute atomic E-state index is 13.1. The molecule has 0 radical (unpaired) electrons. The minimum absolute atomic E-state index is 0.0981. The van der Waals surface area contributed by atoms with Gasteiger partial charge in [0.05, 0.1) is 4.92 Å². The second-order valence-electron chi connectivity index (χ2n) is 4.36. The number of rotatable bonds is 5. The molecule has 18 heavy (non-hydrogen) atoms. The molecule has 1 aromatic carbocycles. The Morgan fingerprint density at radius 1 is 1.56 bits per heavy atom. The van der Waals surface area contributed by atoms with Crippen LogP contribution in [0.4, 0.5) is 15.8 Å². The lowest BCUT2D eigenvalue weighted by Gasteiger charge is -2.10. The molecule has 0 amide bonds. The van der Waals surface area contributed by atoms with Crippen LogP contribution in [-0.4, -0.2) is 24.7 Å². The van der Waals surface area contributed by atoms with E-state index in [-0.39, 0.29) is 11.4 Å². The highest BCUT2D eigenvalue weighted by atomic mass is 19.1. The van der Waals surface area contributed by atoms with Gasteiger partial charge in [0.1, 0.15) is 11.5 Å². The average Bonchev–Trinajstić information content (AvgIpc) is 2.82. The van der Waals surface area contributed by atoms with Gasteiger partial charge in [-0.05, 0) is 24.8 Å². The highest BCUT2D eigenvalue weighted by Crippen LogP contribution is 2.25. The number of benzene rings is 1. The number of ether oxygens (including phenoxy) is 1. The molecule has 0 bridgehead atoms. The lowest BCUT2D eigenvalue weighted by Crippen LogP contribution is -2.10. The molecule has 1 unspecified atom stereocenters. The number of anilines is 1. The van der Waals surface area contributed by atoms with Crippen molar-refractivity contribution in [1.82, 2.24) is 0 Å². The van der Waals surface area contributed by atoms with Gasteiger partial charge < -0.3 is 10.1 Å². The Morgan fingerprint density at radius 2 is 2.39 bits per heavy atom. The van der Waals surface area contributed by atoms with Gasteiger partial charge in [-0.1, -0.05) is 0 Å². The molecule has 1 atom stereocenters. The molecule has 0 aromatic heterocycles. The fraction of sp³-hybridized carbons (Fsp3) is 0.500. The minimum atomic E-state index is -0.513. The SMILES string of the molecule is O=[N+]([O-])c1ccc(F)cc1NCCC1CCOC1. The zero-order chi connectivity index (χ0) is 13.0. The minimum Gasteiger partial charge on any atom is -0.381 e. The third-order valence-corrected chi connectivity index (χ3v) is 3.05. The summed E-state index contributed by atoms with van der Waals surface area (Å²) < 4.78 is 18.3. The molecule has 0 spiro atoms. The van der Waals surface area contributed by atoms with E-state index in [4.69, 9.17) is 4.74 Å². The molecule has 6 heteroatoms. The number of nitrogens with zero attached hydrogens (tertiary/aromatic N) is 1. The van der Waals surface area contributed by atoms with Gasteiger partial charge in [0.15, 0.2) is 0 Å². The van der Waals surface area contributed by atoms with Crippen LogP contribution >= 0.6 is 0 Å². The van der Waals surface area contributed by atoms with E-state index in [1.807, 2.05) is 0 Å². The molecule has 1 heterocycles. The molecule has 1 aromatic rings. The smallest absolute Gasteiger partial charge is 0.292 e. The molecular weight excluding hydrogens is 239 g/mol. The van der Waals surface area contributed by atoms with Crippen LogP contribution in [0.15, 0.2) is 18.2 Å². The quantitative estimate of drug-likeness (QED) is 0.648. The normalized spacial score (nSPS) is 18.8. The Balaban J connectivity index is 1.94. The van der Waals surface area contributed by atoms with Crippen LogP contribution in [-0.2, 0) is 4.74 Å². The standard InChI is InChI=1S/C12H15FN2O3/c13-10-1-2-12(15(16)17)11(7-10)14-5-3-9-4-6-18-8-9/h1-2,7,9,14H,3-6,8H2. The predicted molar refractivity (Wildman–Crippen MR) is 65.1 cm³/mol. The van der Waals surface area contributed by atoms with Crippen molar-refractivity contribution in [1.29, 1.82) is 0 Å². The number of nitro benzene ring substituents is 1. The first kappa shape index (κ1) is 12.8. The first-order chi connectivity index (χ1) is 8.66. The topological polar surface area (TPSA) is 64.4 Å². The predicted octanol–water partition coefficient (Wildman–Crippen LogP) is 2.57. The van der Waals surface area contributed by atoms with Crippen molar-refractivity contribution in [3.05, 3.63) is 34.1 Å². The third-order valence-electron chi connectivity index (χ3n) is 3.05. The van der Waals surface area contributed by atoms with Gasteiger partial charge in [-0.15, -0.1) is 0 Å². The number of halogens is 1. The summed E-state index contributed by atoms with van der Waals surface area (Å²) in [6, 6.07) is 3.42. The number of hydrogen-bond donors (Lipinski definition) is 1. The first-order valence-electron chi connectivity index (χ1n) is 5.92. The van der Waals surface area contributed by atoms with Crippen LogP contribution in [0.25, 0.3) is 0 Å². The Bertz CT molecular complexity index is 433. The summed E-state index contributed by atoms with van der Waals surface area (Å²) in [4.78, 5) is 10.3. The molecule has 1 aliphatic heterocycles. The Morgan fingerprint density at radius 3 is 3.06 bits per heavy atom. The fourth-order valence-corrected chi connectivity index (χ4v) is 2.03. The van der Waals surface area contributed by atoms with Gasteiger partial charge in [0, 0.05) is 31.9 Å². The van der Waals surface area contributed by atoms with Gasteiger partial charge in [0.2, 0.25) is 0 Å². The van der Waals surface area contributed by atoms with Gasteiger partial charge in [-0.2, -0.15) is 0 Å². The second kappa shape index (κ2) is 5.77. The van der Waals surface area contributed by atoms with Crippen molar-refractivity contribution >= 4 is 11.4 Å². The van der Waals surface area contributed by atoms with Crippen LogP contribution in [0.1, 0.15) is 12.8 Å². The van der Waals surface area contributed by atoms with Gasteiger partial charge >= 0.3 is 0 Å². The molecule has 5 nitrogen and oxygen atoms in total. The lowest BCUT2D eigenvalue weighted by atomic mass is 10.1. The summed E-state index contributed by atoms with van der Waals surface area (Å²) in [5.41, 5.74) is 0.137. The number of hydrogen-bond acceptors (Lipinski definition) is 4. The largest absolute Gasteiger partial charge is 0.381 e. The van der Waals surface area contributed by atoms with Gasteiger partial charge in [0.25, 0.3) is 5.69 Å². The molecule has 1 N–H and O–H groups in total. The van der Waals surface area contributed by atoms with E-state index in [0.717, 1.165) is 38.2 Å². The molecule has 1 saturated heterocycles. The molecule has 1 aliphatic rings. The molecular formula is C12H15FN2O3. The van der Waals surface area contributed by atoms with E-state index in [0.29, 0.717) is 12.5 Å². The van der Waals surface area contributed by atoms with E-state index in [9.17, 15) is 14.5 Å². The van der Waals surface area contributed by atoms with E-state index in [2.05, 4.69) is 5.32 Å². The molecule has 2 rings (SSSR count). The first-order valence-corrected chi connectivity index (χ1v) is 5.92. The molecule has 1 fully saturated rings. The maximum Gasteiger partial charge on any atom is 0.292 e. The molecule has 0 aliphatic carbocycles. The molecule has 98 valence electrons. The van der Waals surface area contributed by atoms with Crippen molar-refractivity contribution in [3.63, 3.8) is 0 Å². The Hall–Kier alpha value is -1.69. The summed E-state index contributed by atoms with van der Waals surface area (Å²) in [6.07, 6.45) is 1.89. The van der Waals surface area contributed by atoms with Crippen LogP contribution in [0, 0.1) is 21.8 Å². The summed E-state index contributed by atoms with van der Waals surface area (Å²) in [7, 11) is 0. The third kappa shape index (κ3) is 3.16. The van der Waals surface area contributed by atoms with E-state index in [1.165, 1.54) is 6.07 Å². The summed E-state index contributed by atoms with van der Waals surface area (Å²) in [5.74, 6) is 0.0115. The van der Waals surface area contributed by atoms with E-state index in [1.54, 1.807) is 0 Å². The average molecular weight is 254 g/mol. The van der Waals surface area contributed by atoms with E-state index < -0.39 is 10.7 Å².